The summed E-state index contributed by atoms with van der Waals surface area (Å²) in [6.07, 6.45) is 2.47. The Labute approximate surface area is 109 Å². The van der Waals surface area contributed by atoms with Gasteiger partial charge in [0.05, 0.1) is 0 Å². The predicted molar refractivity (Wildman–Crippen MR) is 73.4 cm³/mol. The number of halogens is 1. The molecule has 0 saturated carbocycles. The van der Waals surface area contributed by atoms with Crippen molar-refractivity contribution in [2.75, 3.05) is 5.73 Å². The van der Waals surface area contributed by atoms with Gasteiger partial charge in [-0.05, 0) is 41.8 Å². The van der Waals surface area contributed by atoms with Gasteiger partial charge >= 0.3 is 0 Å². The second kappa shape index (κ2) is 5.29. The summed E-state index contributed by atoms with van der Waals surface area (Å²) in [5.74, 6) is 0.533. The summed E-state index contributed by atoms with van der Waals surface area (Å²) in [7, 11) is 0. The van der Waals surface area contributed by atoms with Crippen LogP contribution in [0, 0.1) is 0 Å². The van der Waals surface area contributed by atoms with Crippen LogP contribution in [-0.4, -0.2) is 4.98 Å². The average Bonchev–Trinajstić information content (AvgIpc) is 2.29. The molecule has 0 aliphatic heterocycles. The lowest BCUT2D eigenvalue weighted by Gasteiger charge is -2.12. The SMILES string of the molecule is Nc1cc(CC(N)c2ccc(Br)cc2)ccn1. The lowest BCUT2D eigenvalue weighted by Crippen LogP contribution is -2.13. The number of rotatable bonds is 3. The lowest BCUT2D eigenvalue weighted by molar-refractivity contribution is 0.721. The fraction of sp³-hybridized carbons (Fsp3) is 0.154. The Bertz CT molecular complexity index is 496. The number of hydrogen-bond acceptors (Lipinski definition) is 3. The van der Waals surface area contributed by atoms with E-state index < -0.39 is 0 Å². The van der Waals surface area contributed by atoms with E-state index in [0.29, 0.717) is 5.82 Å². The molecule has 3 nitrogen and oxygen atoms in total. The van der Waals surface area contributed by atoms with Gasteiger partial charge in [0.1, 0.15) is 5.82 Å². The fourth-order valence-corrected chi connectivity index (χ4v) is 1.97. The third-order valence-corrected chi connectivity index (χ3v) is 3.13. The quantitative estimate of drug-likeness (QED) is 0.914. The van der Waals surface area contributed by atoms with E-state index in [2.05, 4.69) is 20.9 Å². The summed E-state index contributed by atoms with van der Waals surface area (Å²) in [5.41, 5.74) is 14.0. The van der Waals surface area contributed by atoms with E-state index in [1.54, 1.807) is 6.20 Å². The van der Waals surface area contributed by atoms with Gasteiger partial charge in [-0.1, -0.05) is 28.1 Å². The maximum atomic E-state index is 6.15. The van der Waals surface area contributed by atoms with Crippen LogP contribution in [0.25, 0.3) is 0 Å². The molecular weight excluding hydrogens is 278 g/mol. The molecule has 1 aromatic carbocycles. The summed E-state index contributed by atoms with van der Waals surface area (Å²) in [6.45, 7) is 0. The molecule has 1 heterocycles. The molecule has 1 unspecified atom stereocenters. The second-order valence-electron chi connectivity index (χ2n) is 3.95. The van der Waals surface area contributed by atoms with Crippen molar-refractivity contribution in [2.24, 2.45) is 5.73 Å². The van der Waals surface area contributed by atoms with E-state index in [1.807, 2.05) is 36.4 Å². The molecule has 0 saturated heterocycles. The first-order valence-corrected chi connectivity index (χ1v) is 6.16. The molecule has 2 aromatic rings. The molecule has 0 aliphatic carbocycles. The van der Waals surface area contributed by atoms with Crippen molar-refractivity contribution in [1.29, 1.82) is 0 Å². The summed E-state index contributed by atoms with van der Waals surface area (Å²) in [5, 5.41) is 0. The third-order valence-electron chi connectivity index (χ3n) is 2.60. The minimum atomic E-state index is -0.0232. The summed E-state index contributed by atoms with van der Waals surface area (Å²) < 4.78 is 1.06. The first-order chi connectivity index (χ1) is 8.15. The predicted octanol–water partition coefficient (Wildman–Crippen LogP) is 2.67. The minimum Gasteiger partial charge on any atom is -0.384 e. The minimum absolute atomic E-state index is 0.0232. The first kappa shape index (κ1) is 12.1. The van der Waals surface area contributed by atoms with Gasteiger partial charge < -0.3 is 11.5 Å². The highest BCUT2D eigenvalue weighted by Crippen LogP contribution is 2.19. The summed E-state index contributed by atoms with van der Waals surface area (Å²) >= 11 is 3.41. The monoisotopic (exact) mass is 291 g/mol. The van der Waals surface area contributed by atoms with Crippen molar-refractivity contribution in [3.8, 4) is 0 Å². The largest absolute Gasteiger partial charge is 0.384 e. The standard InChI is InChI=1S/C13H14BrN3/c14-11-3-1-10(2-4-11)12(15)7-9-5-6-17-13(16)8-9/h1-6,8,12H,7,15H2,(H2,16,17). The van der Waals surface area contributed by atoms with Gasteiger partial charge in [-0.25, -0.2) is 4.98 Å². The molecule has 88 valence electrons. The molecule has 17 heavy (non-hydrogen) atoms. The van der Waals surface area contributed by atoms with E-state index in [4.69, 9.17) is 11.5 Å². The molecule has 0 aliphatic rings. The molecule has 0 bridgehead atoms. The van der Waals surface area contributed by atoms with Crippen molar-refractivity contribution < 1.29 is 0 Å². The summed E-state index contributed by atoms with van der Waals surface area (Å²) in [4.78, 5) is 3.96. The van der Waals surface area contributed by atoms with Gasteiger partial charge in [-0.2, -0.15) is 0 Å². The number of aromatic nitrogens is 1. The van der Waals surface area contributed by atoms with E-state index in [0.717, 1.165) is 22.0 Å². The Morgan fingerprint density at radius 3 is 2.53 bits per heavy atom. The van der Waals surface area contributed by atoms with Crippen LogP contribution in [0.1, 0.15) is 17.2 Å². The third kappa shape index (κ3) is 3.28. The van der Waals surface area contributed by atoms with Crippen LogP contribution >= 0.6 is 15.9 Å². The Kier molecular flexibility index (Phi) is 3.76. The number of anilines is 1. The molecule has 4 N–H and O–H groups in total. The van der Waals surface area contributed by atoms with Crippen LogP contribution in [0.4, 0.5) is 5.82 Å². The summed E-state index contributed by atoms with van der Waals surface area (Å²) in [6, 6.07) is 11.8. The topological polar surface area (TPSA) is 64.9 Å². The molecule has 4 heteroatoms. The van der Waals surface area contributed by atoms with Crippen molar-refractivity contribution >= 4 is 21.7 Å². The Hall–Kier alpha value is -1.39. The van der Waals surface area contributed by atoms with Gasteiger partial charge in [-0.15, -0.1) is 0 Å². The second-order valence-corrected chi connectivity index (χ2v) is 4.87. The van der Waals surface area contributed by atoms with E-state index in [-0.39, 0.29) is 6.04 Å². The number of pyridine rings is 1. The van der Waals surface area contributed by atoms with Crippen LogP contribution in [0.2, 0.25) is 0 Å². The Morgan fingerprint density at radius 1 is 1.18 bits per heavy atom. The smallest absolute Gasteiger partial charge is 0.123 e. The zero-order valence-corrected chi connectivity index (χ0v) is 10.9. The van der Waals surface area contributed by atoms with Crippen LogP contribution in [0.15, 0.2) is 47.1 Å². The van der Waals surface area contributed by atoms with Crippen LogP contribution in [0.5, 0.6) is 0 Å². The van der Waals surface area contributed by atoms with Gasteiger partial charge in [0.15, 0.2) is 0 Å². The maximum Gasteiger partial charge on any atom is 0.123 e. The molecule has 0 radical (unpaired) electrons. The van der Waals surface area contributed by atoms with Gasteiger partial charge in [0, 0.05) is 16.7 Å². The van der Waals surface area contributed by atoms with Gasteiger partial charge in [-0.3, -0.25) is 0 Å². The van der Waals surface area contributed by atoms with E-state index in [1.165, 1.54) is 0 Å². The van der Waals surface area contributed by atoms with Crippen molar-refractivity contribution in [3.05, 3.63) is 58.2 Å². The fourth-order valence-electron chi connectivity index (χ4n) is 1.70. The van der Waals surface area contributed by atoms with Crippen LogP contribution in [0.3, 0.4) is 0 Å². The normalized spacial score (nSPS) is 12.4. The number of hydrogen-bond donors (Lipinski definition) is 2. The molecule has 2 rings (SSSR count). The van der Waals surface area contributed by atoms with Crippen molar-refractivity contribution in [2.45, 2.75) is 12.5 Å². The van der Waals surface area contributed by atoms with E-state index in [9.17, 15) is 0 Å². The van der Waals surface area contributed by atoms with Gasteiger partial charge in [0.2, 0.25) is 0 Å². The maximum absolute atomic E-state index is 6.15. The highest BCUT2D eigenvalue weighted by atomic mass is 79.9. The highest BCUT2D eigenvalue weighted by Gasteiger charge is 2.07. The zero-order valence-electron chi connectivity index (χ0n) is 9.31. The molecule has 1 aromatic heterocycles. The Balaban J connectivity index is 2.11. The van der Waals surface area contributed by atoms with Crippen molar-refractivity contribution in [1.82, 2.24) is 4.98 Å². The molecule has 0 fully saturated rings. The van der Waals surface area contributed by atoms with Gasteiger partial charge in [0.25, 0.3) is 0 Å². The molecular formula is C13H14BrN3. The lowest BCUT2D eigenvalue weighted by atomic mass is 10.0. The van der Waals surface area contributed by atoms with Crippen molar-refractivity contribution in [3.63, 3.8) is 0 Å². The van der Waals surface area contributed by atoms with Crippen LogP contribution in [-0.2, 0) is 6.42 Å². The number of nitrogens with two attached hydrogens (primary N) is 2. The number of nitrogens with zero attached hydrogens (tertiary/aromatic N) is 1. The number of benzene rings is 1. The number of nitrogen functional groups attached to an aromatic ring is 1. The van der Waals surface area contributed by atoms with Crippen LogP contribution < -0.4 is 11.5 Å². The molecule has 1 atom stereocenters. The highest BCUT2D eigenvalue weighted by molar-refractivity contribution is 9.10. The van der Waals surface area contributed by atoms with E-state index >= 15 is 0 Å². The first-order valence-electron chi connectivity index (χ1n) is 5.36. The Morgan fingerprint density at radius 2 is 1.88 bits per heavy atom. The zero-order chi connectivity index (χ0) is 12.3. The molecule has 0 amide bonds. The molecule has 0 spiro atoms. The average molecular weight is 292 g/mol.